The van der Waals surface area contributed by atoms with Crippen LogP contribution in [0.4, 0.5) is 0 Å². The summed E-state index contributed by atoms with van der Waals surface area (Å²) in [4.78, 5) is 0. The van der Waals surface area contributed by atoms with Crippen LogP contribution in [0.15, 0.2) is 12.2 Å². The number of unbranched alkanes of at least 4 members (excludes halogenated alkanes) is 19. The minimum atomic E-state index is 0.789. The molecular weight excluding hydrogens is 336 g/mol. The van der Waals surface area contributed by atoms with Gasteiger partial charge in [0, 0.05) is 0 Å². The lowest BCUT2D eigenvalue weighted by Crippen LogP contribution is -1.90. The van der Waals surface area contributed by atoms with Gasteiger partial charge >= 0.3 is 0 Å². The van der Waals surface area contributed by atoms with Crippen LogP contribution >= 0.6 is 0 Å². The van der Waals surface area contributed by atoms with E-state index in [0.29, 0.717) is 0 Å². The van der Waals surface area contributed by atoms with E-state index >= 15 is 0 Å². The second-order valence-corrected chi connectivity index (χ2v) is 9.35. The molecular formula is C28H56. The minimum Gasteiger partial charge on any atom is -0.0883 e. The van der Waals surface area contributed by atoms with Crippen molar-refractivity contribution >= 4 is 0 Å². The zero-order valence-electron chi connectivity index (χ0n) is 20.3. The molecule has 0 aliphatic carbocycles. The zero-order valence-corrected chi connectivity index (χ0v) is 20.3. The maximum absolute atomic E-state index is 2.49. The molecule has 0 amide bonds. The van der Waals surface area contributed by atoms with E-state index in [2.05, 4.69) is 32.9 Å². The Labute approximate surface area is 180 Å². The van der Waals surface area contributed by atoms with Gasteiger partial charge < -0.3 is 0 Å². The van der Waals surface area contributed by atoms with Gasteiger partial charge in [-0.3, -0.25) is 0 Å². The topological polar surface area (TPSA) is 0 Å². The van der Waals surface area contributed by atoms with Crippen molar-refractivity contribution in [3.63, 3.8) is 0 Å². The summed E-state index contributed by atoms with van der Waals surface area (Å²) in [5.41, 5.74) is 0. The van der Waals surface area contributed by atoms with Gasteiger partial charge in [0.2, 0.25) is 0 Å². The van der Waals surface area contributed by atoms with Crippen molar-refractivity contribution in [1.82, 2.24) is 0 Å². The molecule has 0 bridgehead atoms. The van der Waals surface area contributed by atoms with Crippen LogP contribution in [0.5, 0.6) is 0 Å². The minimum absolute atomic E-state index is 0.789. The summed E-state index contributed by atoms with van der Waals surface area (Å²) in [7, 11) is 0. The molecule has 0 spiro atoms. The highest BCUT2D eigenvalue weighted by molar-refractivity contribution is 4.86. The fourth-order valence-corrected chi connectivity index (χ4v) is 4.13. The second-order valence-electron chi connectivity index (χ2n) is 9.35. The number of rotatable bonds is 23. The molecule has 0 fully saturated rings. The van der Waals surface area contributed by atoms with E-state index in [9.17, 15) is 0 Å². The molecule has 0 N–H and O–H groups in total. The third kappa shape index (κ3) is 23.8. The molecule has 28 heavy (non-hydrogen) atoms. The predicted molar refractivity (Wildman–Crippen MR) is 131 cm³/mol. The molecule has 0 saturated heterocycles. The normalized spacial score (nSPS) is 12.8. The summed E-state index contributed by atoms with van der Waals surface area (Å²) in [6.07, 6.45) is 36.5. The fraction of sp³-hybridized carbons (Fsp3) is 0.929. The predicted octanol–water partition coefficient (Wildman–Crippen LogP) is 10.8. The van der Waals surface area contributed by atoms with Gasteiger partial charge in [-0.25, -0.2) is 0 Å². The molecule has 0 aromatic rings. The summed E-state index contributed by atoms with van der Waals surface area (Å²) in [5, 5.41) is 0. The zero-order chi connectivity index (χ0) is 20.5. The number of allylic oxidation sites excluding steroid dienone is 2. The first-order chi connectivity index (χ1) is 13.8. The number of hydrogen-bond acceptors (Lipinski definition) is 0. The molecule has 1 atom stereocenters. The lowest BCUT2D eigenvalue weighted by atomic mass is 10.00. The Morgan fingerprint density at radius 2 is 0.821 bits per heavy atom. The molecule has 0 aliphatic heterocycles. The molecule has 0 aliphatic rings. The number of hydrogen-bond donors (Lipinski definition) is 0. The third-order valence-corrected chi connectivity index (χ3v) is 6.20. The molecule has 0 rings (SSSR count). The van der Waals surface area contributed by atoms with Crippen LogP contribution in [-0.2, 0) is 0 Å². The fourth-order valence-electron chi connectivity index (χ4n) is 4.13. The quantitative estimate of drug-likeness (QED) is 0.120. The Morgan fingerprint density at radius 1 is 0.464 bits per heavy atom. The largest absolute Gasteiger partial charge is 0.0883 e. The molecule has 0 nitrogen and oxygen atoms in total. The van der Waals surface area contributed by atoms with Crippen LogP contribution in [0.2, 0.25) is 0 Å². The Balaban J connectivity index is 3.22. The average molecular weight is 393 g/mol. The SMILES string of the molecule is CCCCCCCCCCCC/C=C/C(C)CCCCCCCCCCCC. The van der Waals surface area contributed by atoms with Crippen molar-refractivity contribution < 1.29 is 0 Å². The van der Waals surface area contributed by atoms with Crippen molar-refractivity contribution in [2.75, 3.05) is 0 Å². The highest BCUT2D eigenvalue weighted by Crippen LogP contribution is 2.15. The first-order valence-electron chi connectivity index (χ1n) is 13.5. The van der Waals surface area contributed by atoms with Gasteiger partial charge in [0.15, 0.2) is 0 Å². The monoisotopic (exact) mass is 392 g/mol. The highest BCUT2D eigenvalue weighted by atomic mass is 14.0. The summed E-state index contributed by atoms with van der Waals surface area (Å²) < 4.78 is 0. The van der Waals surface area contributed by atoms with Crippen LogP contribution in [0.3, 0.4) is 0 Å². The van der Waals surface area contributed by atoms with E-state index in [1.165, 1.54) is 141 Å². The molecule has 0 heteroatoms. The van der Waals surface area contributed by atoms with E-state index in [1.54, 1.807) is 0 Å². The van der Waals surface area contributed by atoms with E-state index < -0.39 is 0 Å². The van der Waals surface area contributed by atoms with Gasteiger partial charge in [0.1, 0.15) is 0 Å². The van der Waals surface area contributed by atoms with E-state index in [-0.39, 0.29) is 0 Å². The standard InChI is InChI=1S/C28H56/c1-4-6-8-10-12-14-16-17-19-21-23-25-27-28(3)26-24-22-20-18-15-13-11-9-7-5-2/h25,27-28H,4-24,26H2,1-3H3/b27-25+. The van der Waals surface area contributed by atoms with Crippen LogP contribution in [0.1, 0.15) is 162 Å². The Hall–Kier alpha value is -0.260. The second kappa shape index (κ2) is 24.8. The molecule has 0 heterocycles. The van der Waals surface area contributed by atoms with Crippen LogP contribution in [0, 0.1) is 5.92 Å². The van der Waals surface area contributed by atoms with Gasteiger partial charge in [0.05, 0.1) is 0 Å². The maximum Gasteiger partial charge on any atom is -0.0262 e. The highest BCUT2D eigenvalue weighted by Gasteiger charge is 1.98. The van der Waals surface area contributed by atoms with Gasteiger partial charge in [-0.05, 0) is 25.2 Å². The van der Waals surface area contributed by atoms with E-state index in [1.807, 2.05) is 0 Å². The maximum atomic E-state index is 2.49. The first-order valence-corrected chi connectivity index (χ1v) is 13.5. The first kappa shape index (κ1) is 27.7. The van der Waals surface area contributed by atoms with Gasteiger partial charge in [-0.1, -0.05) is 155 Å². The molecule has 0 aromatic heterocycles. The summed E-state index contributed by atoms with van der Waals surface area (Å²) in [6.45, 7) is 7.00. The van der Waals surface area contributed by atoms with Gasteiger partial charge in [-0.15, -0.1) is 0 Å². The van der Waals surface area contributed by atoms with Crippen molar-refractivity contribution in [1.29, 1.82) is 0 Å². The Bertz CT molecular complexity index is 290. The lowest BCUT2D eigenvalue weighted by Gasteiger charge is -2.06. The van der Waals surface area contributed by atoms with Crippen molar-refractivity contribution in [2.24, 2.45) is 5.92 Å². The van der Waals surface area contributed by atoms with E-state index in [4.69, 9.17) is 0 Å². The lowest BCUT2D eigenvalue weighted by molar-refractivity contribution is 0.525. The van der Waals surface area contributed by atoms with Crippen LogP contribution in [-0.4, -0.2) is 0 Å². The van der Waals surface area contributed by atoms with Crippen molar-refractivity contribution in [3.05, 3.63) is 12.2 Å². The summed E-state index contributed by atoms with van der Waals surface area (Å²) >= 11 is 0. The molecule has 0 radical (unpaired) electrons. The van der Waals surface area contributed by atoms with E-state index in [0.717, 1.165) is 5.92 Å². The van der Waals surface area contributed by atoms with Gasteiger partial charge in [0.25, 0.3) is 0 Å². The molecule has 0 aromatic carbocycles. The van der Waals surface area contributed by atoms with Crippen molar-refractivity contribution in [2.45, 2.75) is 162 Å². The smallest absolute Gasteiger partial charge is 0.0262 e. The van der Waals surface area contributed by atoms with Gasteiger partial charge in [-0.2, -0.15) is 0 Å². The molecule has 168 valence electrons. The molecule has 0 saturated carbocycles. The van der Waals surface area contributed by atoms with Crippen LogP contribution < -0.4 is 0 Å². The van der Waals surface area contributed by atoms with Crippen LogP contribution in [0.25, 0.3) is 0 Å². The summed E-state index contributed by atoms with van der Waals surface area (Å²) in [6, 6.07) is 0. The Kier molecular flexibility index (Phi) is 24.5. The Morgan fingerprint density at radius 3 is 1.25 bits per heavy atom. The van der Waals surface area contributed by atoms with Crippen molar-refractivity contribution in [3.8, 4) is 0 Å². The average Bonchev–Trinajstić information content (AvgIpc) is 2.70. The summed E-state index contributed by atoms with van der Waals surface area (Å²) in [5.74, 6) is 0.789. The molecule has 1 unspecified atom stereocenters. The third-order valence-electron chi connectivity index (χ3n) is 6.20.